The molecule has 1 saturated carbocycles. The van der Waals surface area contributed by atoms with Crippen LogP contribution in [0, 0.1) is 0 Å². The molecule has 92 valence electrons. The molecule has 1 unspecified atom stereocenters. The molecule has 1 aliphatic carbocycles. The Bertz CT molecular complexity index is 395. The summed E-state index contributed by atoms with van der Waals surface area (Å²) in [4.78, 5) is 0. The maximum Gasteiger partial charge on any atom is 0.125 e. The van der Waals surface area contributed by atoms with Gasteiger partial charge >= 0.3 is 0 Å². The van der Waals surface area contributed by atoms with Crippen LogP contribution in [0.25, 0.3) is 0 Å². The fourth-order valence-electron chi connectivity index (χ4n) is 2.33. The van der Waals surface area contributed by atoms with Crippen molar-refractivity contribution in [3.8, 4) is 5.75 Å². The van der Waals surface area contributed by atoms with Gasteiger partial charge in [-0.05, 0) is 37.5 Å². The number of thioether (sulfide) groups is 1. The highest BCUT2D eigenvalue weighted by atomic mass is 32.2. The molecule has 1 N–H and O–H groups in total. The lowest BCUT2D eigenvalue weighted by molar-refractivity contribution is 0.139. The van der Waals surface area contributed by atoms with Crippen LogP contribution in [0.2, 0.25) is 0 Å². The van der Waals surface area contributed by atoms with Crippen molar-refractivity contribution in [3.05, 3.63) is 29.8 Å². The largest absolute Gasteiger partial charge is 0.489 e. The van der Waals surface area contributed by atoms with Crippen molar-refractivity contribution in [2.75, 3.05) is 11.5 Å². The van der Waals surface area contributed by atoms with Crippen LogP contribution >= 0.6 is 11.8 Å². The fraction of sp³-hybridized carbons (Fsp3) is 0.571. The molecule has 2 fully saturated rings. The van der Waals surface area contributed by atoms with Gasteiger partial charge in [-0.15, -0.1) is 0 Å². The van der Waals surface area contributed by atoms with Crippen molar-refractivity contribution in [2.24, 2.45) is 0 Å². The highest BCUT2D eigenvalue weighted by molar-refractivity contribution is 7.99. The number of aliphatic hydroxyl groups is 1. The Hall–Kier alpha value is -0.670. The van der Waals surface area contributed by atoms with E-state index in [0.29, 0.717) is 6.10 Å². The minimum absolute atomic E-state index is 0.317. The second-order valence-electron chi connectivity index (χ2n) is 4.98. The number of rotatable bonds is 3. The molecule has 0 bridgehead atoms. The van der Waals surface area contributed by atoms with E-state index in [0.717, 1.165) is 36.3 Å². The first kappa shape index (κ1) is 11.4. The molecule has 0 spiro atoms. The molecule has 0 aromatic heterocycles. The highest BCUT2D eigenvalue weighted by Crippen LogP contribution is 2.48. The summed E-state index contributed by atoms with van der Waals surface area (Å²) >= 11 is 1.96. The Labute approximate surface area is 106 Å². The molecule has 3 rings (SSSR count). The lowest BCUT2D eigenvalue weighted by Crippen LogP contribution is -2.24. The minimum atomic E-state index is -0.599. The van der Waals surface area contributed by atoms with E-state index in [-0.39, 0.29) is 0 Å². The molecule has 1 aromatic rings. The van der Waals surface area contributed by atoms with E-state index in [1.165, 1.54) is 12.2 Å². The van der Waals surface area contributed by atoms with Crippen LogP contribution in [0.4, 0.5) is 0 Å². The van der Waals surface area contributed by atoms with E-state index < -0.39 is 5.60 Å². The number of benzene rings is 1. The molecule has 1 heterocycles. The first-order valence-electron chi connectivity index (χ1n) is 6.34. The molecule has 1 aliphatic heterocycles. The Morgan fingerprint density at radius 3 is 2.82 bits per heavy atom. The third-order valence-electron chi connectivity index (χ3n) is 3.52. The summed E-state index contributed by atoms with van der Waals surface area (Å²) in [5.41, 5.74) is 0.383. The number of hydrogen-bond donors (Lipinski definition) is 1. The monoisotopic (exact) mass is 250 g/mol. The molecule has 2 nitrogen and oxygen atoms in total. The molecular formula is C14H18O2S. The van der Waals surface area contributed by atoms with Crippen LogP contribution in [-0.4, -0.2) is 22.7 Å². The molecule has 1 atom stereocenters. The van der Waals surface area contributed by atoms with E-state index in [2.05, 4.69) is 0 Å². The van der Waals surface area contributed by atoms with Crippen molar-refractivity contribution < 1.29 is 9.84 Å². The van der Waals surface area contributed by atoms with Gasteiger partial charge < -0.3 is 9.84 Å². The fourth-order valence-corrected chi connectivity index (χ4v) is 3.36. The standard InChI is InChI=1S/C14H18O2S/c15-14(7-8-14)12-5-1-2-6-13(12)16-11-4-3-9-17-10-11/h1-2,5-6,11,15H,3-4,7-10H2. The van der Waals surface area contributed by atoms with E-state index in [4.69, 9.17) is 4.74 Å². The summed E-state index contributed by atoms with van der Waals surface area (Å²) in [7, 11) is 0. The van der Waals surface area contributed by atoms with Crippen LogP contribution < -0.4 is 4.74 Å². The first-order valence-corrected chi connectivity index (χ1v) is 7.50. The lowest BCUT2D eigenvalue weighted by Gasteiger charge is -2.25. The molecule has 0 amide bonds. The van der Waals surface area contributed by atoms with Crippen molar-refractivity contribution >= 4 is 11.8 Å². The second kappa shape index (κ2) is 4.54. The van der Waals surface area contributed by atoms with Crippen molar-refractivity contribution in [1.82, 2.24) is 0 Å². The Kier molecular flexibility index (Phi) is 3.05. The Balaban J connectivity index is 1.77. The molecule has 2 aliphatic rings. The average molecular weight is 250 g/mol. The topological polar surface area (TPSA) is 29.5 Å². The lowest BCUT2D eigenvalue weighted by atomic mass is 10.1. The molecular weight excluding hydrogens is 232 g/mol. The maximum absolute atomic E-state index is 10.2. The van der Waals surface area contributed by atoms with Gasteiger partial charge in [0, 0.05) is 11.3 Å². The van der Waals surface area contributed by atoms with E-state index in [1.54, 1.807) is 0 Å². The van der Waals surface area contributed by atoms with Crippen LogP contribution in [0.3, 0.4) is 0 Å². The first-order chi connectivity index (χ1) is 8.28. The maximum atomic E-state index is 10.2. The molecule has 3 heteroatoms. The third-order valence-corrected chi connectivity index (χ3v) is 4.71. The van der Waals surface area contributed by atoms with E-state index in [9.17, 15) is 5.11 Å². The number of para-hydroxylation sites is 1. The zero-order valence-electron chi connectivity index (χ0n) is 9.89. The van der Waals surface area contributed by atoms with Gasteiger partial charge in [0.05, 0.1) is 5.60 Å². The molecule has 17 heavy (non-hydrogen) atoms. The quantitative estimate of drug-likeness (QED) is 0.894. The highest BCUT2D eigenvalue weighted by Gasteiger charge is 2.44. The van der Waals surface area contributed by atoms with Gasteiger partial charge in [0.15, 0.2) is 0 Å². The predicted octanol–water partition coefficient (Wildman–Crippen LogP) is 2.94. The zero-order valence-corrected chi connectivity index (χ0v) is 10.7. The van der Waals surface area contributed by atoms with Crippen LogP contribution in [0.1, 0.15) is 31.2 Å². The Morgan fingerprint density at radius 1 is 1.29 bits per heavy atom. The zero-order chi connectivity index (χ0) is 11.7. The summed E-state index contributed by atoms with van der Waals surface area (Å²) in [5, 5.41) is 10.2. The van der Waals surface area contributed by atoms with Gasteiger partial charge in [0.2, 0.25) is 0 Å². The van der Waals surface area contributed by atoms with Gasteiger partial charge in [-0.25, -0.2) is 0 Å². The summed E-state index contributed by atoms with van der Waals surface area (Å²) in [6.07, 6.45) is 4.43. The number of ether oxygens (including phenoxy) is 1. The van der Waals surface area contributed by atoms with E-state index in [1.807, 2.05) is 36.0 Å². The van der Waals surface area contributed by atoms with Gasteiger partial charge in [0.25, 0.3) is 0 Å². The van der Waals surface area contributed by atoms with Crippen LogP contribution in [0.15, 0.2) is 24.3 Å². The summed E-state index contributed by atoms with van der Waals surface area (Å²) in [6, 6.07) is 7.96. The third kappa shape index (κ3) is 2.45. The normalized spacial score (nSPS) is 26.5. The van der Waals surface area contributed by atoms with Gasteiger partial charge in [-0.1, -0.05) is 18.2 Å². The minimum Gasteiger partial charge on any atom is -0.489 e. The average Bonchev–Trinajstić information content (AvgIpc) is 3.10. The molecule has 1 aromatic carbocycles. The molecule has 1 saturated heterocycles. The van der Waals surface area contributed by atoms with Crippen molar-refractivity contribution in [2.45, 2.75) is 37.4 Å². The Morgan fingerprint density at radius 2 is 2.12 bits per heavy atom. The summed E-state index contributed by atoms with van der Waals surface area (Å²) in [6.45, 7) is 0. The summed E-state index contributed by atoms with van der Waals surface area (Å²) in [5.74, 6) is 3.22. The predicted molar refractivity (Wildman–Crippen MR) is 70.5 cm³/mol. The van der Waals surface area contributed by atoms with Crippen LogP contribution in [-0.2, 0) is 5.60 Å². The van der Waals surface area contributed by atoms with Crippen molar-refractivity contribution in [3.63, 3.8) is 0 Å². The van der Waals surface area contributed by atoms with Gasteiger partial charge in [0.1, 0.15) is 11.9 Å². The number of hydrogen-bond acceptors (Lipinski definition) is 3. The van der Waals surface area contributed by atoms with Crippen LogP contribution in [0.5, 0.6) is 5.75 Å². The van der Waals surface area contributed by atoms with Gasteiger partial charge in [-0.3, -0.25) is 0 Å². The second-order valence-corrected chi connectivity index (χ2v) is 6.13. The molecule has 0 radical (unpaired) electrons. The van der Waals surface area contributed by atoms with Gasteiger partial charge in [-0.2, -0.15) is 11.8 Å². The SMILES string of the molecule is OC1(c2ccccc2OC2CCCSC2)CC1. The van der Waals surface area contributed by atoms with E-state index >= 15 is 0 Å². The smallest absolute Gasteiger partial charge is 0.125 e. The van der Waals surface area contributed by atoms with Crippen molar-refractivity contribution in [1.29, 1.82) is 0 Å². The summed E-state index contributed by atoms with van der Waals surface area (Å²) < 4.78 is 6.07.